The molecule has 7 nitrogen and oxygen atoms in total. The Morgan fingerprint density at radius 1 is 1.35 bits per heavy atom. The van der Waals surface area contributed by atoms with Gasteiger partial charge in [-0.25, -0.2) is 0 Å². The van der Waals surface area contributed by atoms with Gasteiger partial charge in [-0.1, -0.05) is 6.07 Å². The van der Waals surface area contributed by atoms with Gasteiger partial charge in [0, 0.05) is 0 Å². The third-order valence-electron chi connectivity index (χ3n) is 3.99. The molecule has 0 saturated heterocycles. The molecule has 7 heteroatoms. The molecule has 1 aromatic carbocycles. The molecule has 1 aromatic heterocycles. The van der Waals surface area contributed by atoms with Crippen LogP contribution in [0.25, 0.3) is 0 Å². The van der Waals surface area contributed by atoms with Gasteiger partial charge >= 0.3 is 5.69 Å². The Morgan fingerprint density at radius 3 is 2.87 bits per heavy atom. The van der Waals surface area contributed by atoms with Gasteiger partial charge in [0.25, 0.3) is 0 Å². The highest BCUT2D eigenvalue weighted by molar-refractivity contribution is 5.37. The third-order valence-corrected chi connectivity index (χ3v) is 3.99. The summed E-state index contributed by atoms with van der Waals surface area (Å²) in [5.41, 5.74) is 2.62. The molecule has 1 aliphatic carbocycles. The van der Waals surface area contributed by atoms with E-state index in [9.17, 15) is 15.2 Å². The zero-order valence-corrected chi connectivity index (χ0v) is 12.7. The Morgan fingerprint density at radius 2 is 2.13 bits per heavy atom. The number of ether oxygens (including phenoxy) is 1. The van der Waals surface area contributed by atoms with Gasteiger partial charge in [0.05, 0.1) is 11.5 Å². The maximum atomic E-state index is 10.6. The summed E-state index contributed by atoms with van der Waals surface area (Å²) >= 11 is 0. The maximum Gasteiger partial charge on any atom is 0.306 e. The van der Waals surface area contributed by atoms with Gasteiger partial charge < -0.3 is 9.84 Å². The second-order valence-electron chi connectivity index (χ2n) is 5.78. The molecule has 23 heavy (non-hydrogen) atoms. The first kappa shape index (κ1) is 15.5. The molecule has 0 fully saturated rings. The van der Waals surface area contributed by atoms with Crippen LogP contribution in [0.4, 0.5) is 5.69 Å². The summed E-state index contributed by atoms with van der Waals surface area (Å²) in [5.74, 6) is 0.746. The number of aliphatic hydroxyl groups excluding tert-OH is 1. The van der Waals surface area contributed by atoms with E-state index in [2.05, 4.69) is 11.2 Å². The standard InChI is InChI=1S/C16H19N3O4/c20-15(10-18-9-14(8-17-18)19(21)22)11-23-16-6-5-12-3-1-2-4-13(12)7-16/h5-9,15,20H,1-4,10-11H2. The minimum absolute atomic E-state index is 0.0900. The number of nitro groups is 1. The maximum absolute atomic E-state index is 10.6. The highest BCUT2D eigenvalue weighted by Crippen LogP contribution is 2.25. The number of aryl methyl sites for hydroxylation is 2. The fourth-order valence-electron chi connectivity index (χ4n) is 2.81. The van der Waals surface area contributed by atoms with Crippen LogP contribution in [0.3, 0.4) is 0 Å². The van der Waals surface area contributed by atoms with E-state index < -0.39 is 11.0 Å². The lowest BCUT2D eigenvalue weighted by molar-refractivity contribution is -0.385. The van der Waals surface area contributed by atoms with Gasteiger partial charge in [-0.05, 0) is 48.9 Å². The van der Waals surface area contributed by atoms with Crippen molar-refractivity contribution < 1.29 is 14.8 Å². The summed E-state index contributed by atoms with van der Waals surface area (Å²) in [4.78, 5) is 10.1. The topological polar surface area (TPSA) is 90.4 Å². The van der Waals surface area contributed by atoms with Crippen LogP contribution in [-0.4, -0.2) is 32.5 Å². The lowest BCUT2D eigenvalue weighted by Crippen LogP contribution is -2.23. The Balaban J connectivity index is 1.54. The SMILES string of the molecule is O=[N+]([O-])c1cnn(CC(O)COc2ccc3c(c2)CCCC3)c1. The summed E-state index contributed by atoms with van der Waals surface area (Å²) in [5, 5.41) is 24.4. The van der Waals surface area contributed by atoms with Gasteiger partial charge in [0.1, 0.15) is 30.9 Å². The van der Waals surface area contributed by atoms with E-state index in [0.717, 1.165) is 24.8 Å². The fourth-order valence-corrected chi connectivity index (χ4v) is 2.81. The average molecular weight is 317 g/mol. The van der Waals surface area contributed by atoms with E-state index in [0.29, 0.717) is 0 Å². The monoisotopic (exact) mass is 317 g/mol. The van der Waals surface area contributed by atoms with Gasteiger partial charge in [-0.3, -0.25) is 14.8 Å². The molecular formula is C16H19N3O4. The summed E-state index contributed by atoms with van der Waals surface area (Å²) in [7, 11) is 0. The van der Waals surface area contributed by atoms with Crippen LogP contribution < -0.4 is 4.74 Å². The molecule has 1 atom stereocenters. The lowest BCUT2D eigenvalue weighted by Gasteiger charge is -2.17. The summed E-state index contributed by atoms with van der Waals surface area (Å²) in [6.45, 7) is 0.269. The highest BCUT2D eigenvalue weighted by Gasteiger charge is 2.14. The largest absolute Gasteiger partial charge is 0.491 e. The van der Waals surface area contributed by atoms with E-state index in [1.54, 1.807) is 0 Å². The Labute approximate surface area is 133 Å². The van der Waals surface area contributed by atoms with Crippen molar-refractivity contribution in [2.45, 2.75) is 38.3 Å². The molecule has 0 aliphatic heterocycles. The molecule has 0 amide bonds. The molecule has 122 valence electrons. The van der Waals surface area contributed by atoms with Gasteiger partial charge in [0.2, 0.25) is 0 Å². The first-order chi connectivity index (χ1) is 11.1. The molecule has 1 aliphatic rings. The van der Waals surface area contributed by atoms with Crippen LogP contribution >= 0.6 is 0 Å². The zero-order chi connectivity index (χ0) is 16.2. The summed E-state index contributed by atoms with van der Waals surface area (Å²) in [6, 6.07) is 6.06. The Kier molecular flexibility index (Phi) is 4.57. The number of aromatic nitrogens is 2. The number of aliphatic hydroxyl groups is 1. The number of rotatable bonds is 6. The Hall–Kier alpha value is -2.41. The van der Waals surface area contributed by atoms with Crippen LogP contribution in [0.2, 0.25) is 0 Å². The molecule has 1 N–H and O–H groups in total. The summed E-state index contributed by atoms with van der Waals surface area (Å²) in [6.07, 6.45) is 6.31. The van der Waals surface area contributed by atoms with E-state index in [4.69, 9.17) is 4.74 Å². The predicted molar refractivity (Wildman–Crippen MR) is 83.5 cm³/mol. The zero-order valence-electron chi connectivity index (χ0n) is 12.7. The molecular weight excluding hydrogens is 298 g/mol. The van der Waals surface area contributed by atoms with Crippen molar-refractivity contribution >= 4 is 5.69 Å². The van der Waals surface area contributed by atoms with Crippen LogP contribution in [0.5, 0.6) is 5.75 Å². The quantitative estimate of drug-likeness (QED) is 0.651. The number of benzene rings is 1. The minimum Gasteiger partial charge on any atom is -0.491 e. The third kappa shape index (κ3) is 3.87. The average Bonchev–Trinajstić information content (AvgIpc) is 3.01. The van der Waals surface area contributed by atoms with Crippen LogP contribution in [0.1, 0.15) is 24.0 Å². The summed E-state index contributed by atoms with van der Waals surface area (Å²) < 4.78 is 6.98. The minimum atomic E-state index is -0.787. The van der Waals surface area contributed by atoms with Crippen molar-refractivity contribution in [1.29, 1.82) is 0 Å². The van der Waals surface area contributed by atoms with Crippen molar-refractivity contribution in [3.63, 3.8) is 0 Å². The number of nitrogens with zero attached hydrogens (tertiary/aromatic N) is 3. The molecule has 2 aromatic rings. The van der Waals surface area contributed by atoms with E-state index in [-0.39, 0.29) is 18.8 Å². The van der Waals surface area contributed by atoms with Crippen LogP contribution in [0, 0.1) is 10.1 Å². The highest BCUT2D eigenvalue weighted by atomic mass is 16.6. The lowest BCUT2D eigenvalue weighted by atomic mass is 9.92. The smallest absolute Gasteiger partial charge is 0.306 e. The van der Waals surface area contributed by atoms with Crippen LogP contribution in [-0.2, 0) is 19.4 Å². The van der Waals surface area contributed by atoms with Gasteiger partial charge in [-0.15, -0.1) is 0 Å². The fraction of sp³-hybridized carbons (Fsp3) is 0.438. The van der Waals surface area contributed by atoms with Crippen LogP contribution in [0.15, 0.2) is 30.6 Å². The van der Waals surface area contributed by atoms with Crippen molar-refractivity contribution in [2.24, 2.45) is 0 Å². The van der Waals surface area contributed by atoms with E-state index in [1.807, 2.05) is 12.1 Å². The second kappa shape index (κ2) is 6.78. The first-order valence-corrected chi connectivity index (χ1v) is 7.71. The van der Waals surface area contributed by atoms with Crippen molar-refractivity contribution in [3.05, 3.63) is 51.8 Å². The van der Waals surface area contributed by atoms with Crippen molar-refractivity contribution in [2.75, 3.05) is 6.61 Å². The number of hydrogen-bond acceptors (Lipinski definition) is 5. The normalized spacial score (nSPS) is 15.0. The van der Waals surface area contributed by atoms with Crippen molar-refractivity contribution in [3.8, 4) is 5.75 Å². The van der Waals surface area contributed by atoms with Crippen molar-refractivity contribution in [1.82, 2.24) is 9.78 Å². The predicted octanol–water partition coefficient (Wildman–Crippen LogP) is 2.11. The molecule has 1 unspecified atom stereocenters. The molecule has 3 rings (SSSR count). The molecule has 0 spiro atoms. The number of hydrogen-bond donors (Lipinski definition) is 1. The first-order valence-electron chi connectivity index (χ1n) is 7.71. The molecule has 1 heterocycles. The van der Waals surface area contributed by atoms with E-state index >= 15 is 0 Å². The molecule has 0 bridgehead atoms. The molecule has 0 saturated carbocycles. The molecule has 0 radical (unpaired) electrons. The van der Waals surface area contributed by atoms with Gasteiger partial charge in [-0.2, -0.15) is 5.10 Å². The van der Waals surface area contributed by atoms with Gasteiger partial charge in [0.15, 0.2) is 0 Å². The second-order valence-corrected chi connectivity index (χ2v) is 5.78. The van der Waals surface area contributed by atoms with E-state index in [1.165, 1.54) is 34.8 Å². The Bertz CT molecular complexity index is 698. The number of fused-ring (bicyclic) bond motifs is 1.